The molecule has 1 fully saturated rings. The van der Waals surface area contributed by atoms with Crippen molar-refractivity contribution in [3.8, 4) is 0 Å². The first-order chi connectivity index (χ1) is 6.83. The van der Waals surface area contributed by atoms with Gasteiger partial charge in [-0.3, -0.25) is 4.90 Å². The van der Waals surface area contributed by atoms with Gasteiger partial charge in [0.15, 0.2) is 0 Å². The summed E-state index contributed by atoms with van der Waals surface area (Å²) >= 11 is 0. The molecule has 1 saturated heterocycles. The predicted molar refractivity (Wildman–Crippen MR) is 66.9 cm³/mol. The van der Waals surface area contributed by atoms with Crippen LogP contribution in [0.2, 0.25) is 0 Å². The van der Waals surface area contributed by atoms with Crippen LogP contribution in [0.3, 0.4) is 0 Å². The predicted octanol–water partition coefficient (Wildman–Crippen LogP) is 2.48. The number of hydrogen-bond acceptors (Lipinski definition) is 2. The molecule has 0 saturated carbocycles. The standard InChI is InChI=1S/C13H28N2/c1-10-6-11(2)15(9-10)12(8-14)7-13(3,4)5/h10-12H,6-9,14H2,1-5H3. The number of rotatable bonds is 3. The van der Waals surface area contributed by atoms with Gasteiger partial charge < -0.3 is 5.73 Å². The highest BCUT2D eigenvalue weighted by Crippen LogP contribution is 2.30. The van der Waals surface area contributed by atoms with Crippen LogP contribution in [-0.2, 0) is 0 Å². The topological polar surface area (TPSA) is 29.3 Å². The maximum Gasteiger partial charge on any atom is 0.0226 e. The zero-order chi connectivity index (χ0) is 11.6. The summed E-state index contributed by atoms with van der Waals surface area (Å²) in [6, 6.07) is 1.29. The number of hydrogen-bond donors (Lipinski definition) is 1. The van der Waals surface area contributed by atoms with Crippen molar-refractivity contribution in [2.24, 2.45) is 17.1 Å². The van der Waals surface area contributed by atoms with Gasteiger partial charge in [0, 0.05) is 25.2 Å². The van der Waals surface area contributed by atoms with Crippen molar-refractivity contribution in [3.05, 3.63) is 0 Å². The first-order valence-corrected chi connectivity index (χ1v) is 6.29. The summed E-state index contributed by atoms with van der Waals surface area (Å²) in [6.07, 6.45) is 2.54. The van der Waals surface area contributed by atoms with E-state index in [9.17, 15) is 0 Å². The minimum Gasteiger partial charge on any atom is -0.329 e. The summed E-state index contributed by atoms with van der Waals surface area (Å²) in [4.78, 5) is 2.62. The van der Waals surface area contributed by atoms with E-state index in [2.05, 4.69) is 39.5 Å². The van der Waals surface area contributed by atoms with E-state index in [4.69, 9.17) is 5.73 Å². The molecule has 0 bridgehead atoms. The zero-order valence-corrected chi connectivity index (χ0v) is 11.1. The zero-order valence-electron chi connectivity index (χ0n) is 11.1. The highest BCUT2D eigenvalue weighted by atomic mass is 15.2. The van der Waals surface area contributed by atoms with E-state index >= 15 is 0 Å². The lowest BCUT2D eigenvalue weighted by molar-refractivity contribution is 0.145. The van der Waals surface area contributed by atoms with Crippen LogP contribution in [0, 0.1) is 11.3 Å². The highest BCUT2D eigenvalue weighted by molar-refractivity contribution is 4.88. The first kappa shape index (κ1) is 13.0. The average molecular weight is 212 g/mol. The molecule has 2 N–H and O–H groups in total. The summed E-state index contributed by atoms with van der Waals surface area (Å²) in [5.41, 5.74) is 6.31. The van der Waals surface area contributed by atoms with Gasteiger partial charge in [-0.2, -0.15) is 0 Å². The van der Waals surface area contributed by atoms with Gasteiger partial charge in [0.2, 0.25) is 0 Å². The SMILES string of the molecule is CC1CC(C)N(C(CN)CC(C)(C)C)C1. The van der Waals surface area contributed by atoms with Crippen molar-refractivity contribution in [2.75, 3.05) is 13.1 Å². The molecule has 3 atom stereocenters. The van der Waals surface area contributed by atoms with Crippen LogP contribution in [0.5, 0.6) is 0 Å². The van der Waals surface area contributed by atoms with E-state index in [0.29, 0.717) is 11.5 Å². The Bertz CT molecular complexity index is 195. The molecule has 2 heteroatoms. The Kier molecular flexibility index (Phi) is 4.19. The van der Waals surface area contributed by atoms with E-state index in [1.807, 2.05) is 0 Å². The van der Waals surface area contributed by atoms with Gasteiger partial charge in [-0.1, -0.05) is 27.7 Å². The second-order valence-electron chi connectivity index (χ2n) is 6.54. The van der Waals surface area contributed by atoms with E-state index in [1.54, 1.807) is 0 Å². The molecule has 1 rings (SSSR count). The van der Waals surface area contributed by atoms with Gasteiger partial charge in [-0.25, -0.2) is 0 Å². The maximum absolute atomic E-state index is 5.93. The van der Waals surface area contributed by atoms with Crippen molar-refractivity contribution >= 4 is 0 Å². The Hall–Kier alpha value is -0.0800. The summed E-state index contributed by atoms with van der Waals surface area (Å²) in [5, 5.41) is 0. The van der Waals surface area contributed by atoms with E-state index in [1.165, 1.54) is 19.4 Å². The average Bonchev–Trinajstić information content (AvgIpc) is 2.39. The quantitative estimate of drug-likeness (QED) is 0.779. The first-order valence-electron chi connectivity index (χ1n) is 6.29. The van der Waals surface area contributed by atoms with E-state index in [0.717, 1.165) is 18.5 Å². The van der Waals surface area contributed by atoms with Crippen LogP contribution in [0.1, 0.15) is 47.5 Å². The number of likely N-dealkylation sites (tertiary alicyclic amines) is 1. The molecule has 2 nitrogen and oxygen atoms in total. The molecule has 0 amide bonds. The fraction of sp³-hybridized carbons (Fsp3) is 1.00. The molecule has 0 aliphatic carbocycles. The molecule has 1 aliphatic heterocycles. The Morgan fingerprint density at radius 2 is 1.93 bits per heavy atom. The summed E-state index contributed by atoms with van der Waals surface area (Å²) in [7, 11) is 0. The third kappa shape index (κ3) is 3.76. The van der Waals surface area contributed by atoms with Crippen LogP contribution >= 0.6 is 0 Å². The number of nitrogens with zero attached hydrogens (tertiary/aromatic N) is 1. The van der Waals surface area contributed by atoms with E-state index in [-0.39, 0.29) is 0 Å². The van der Waals surface area contributed by atoms with Gasteiger partial charge in [0.05, 0.1) is 0 Å². The molecule has 0 radical (unpaired) electrons. The lowest BCUT2D eigenvalue weighted by atomic mass is 9.87. The summed E-state index contributed by atoms with van der Waals surface area (Å²) < 4.78 is 0. The monoisotopic (exact) mass is 212 g/mol. The van der Waals surface area contributed by atoms with Crippen molar-refractivity contribution < 1.29 is 0 Å². The smallest absolute Gasteiger partial charge is 0.0226 e. The fourth-order valence-electron chi connectivity index (χ4n) is 2.88. The van der Waals surface area contributed by atoms with Gasteiger partial charge in [-0.15, -0.1) is 0 Å². The molecule has 0 spiro atoms. The normalized spacial score (nSPS) is 30.8. The van der Waals surface area contributed by atoms with Gasteiger partial charge >= 0.3 is 0 Å². The molecule has 3 unspecified atom stereocenters. The maximum atomic E-state index is 5.93. The van der Waals surface area contributed by atoms with Gasteiger partial charge in [-0.05, 0) is 31.1 Å². The summed E-state index contributed by atoms with van der Waals surface area (Å²) in [6.45, 7) is 13.6. The van der Waals surface area contributed by atoms with Crippen LogP contribution in [0.4, 0.5) is 0 Å². The minimum atomic E-state index is 0.385. The molecule has 0 aromatic carbocycles. The van der Waals surface area contributed by atoms with Crippen molar-refractivity contribution in [3.63, 3.8) is 0 Å². The van der Waals surface area contributed by atoms with Crippen molar-refractivity contribution in [1.29, 1.82) is 0 Å². The van der Waals surface area contributed by atoms with Gasteiger partial charge in [0.1, 0.15) is 0 Å². The van der Waals surface area contributed by atoms with Crippen molar-refractivity contribution in [2.45, 2.75) is 59.5 Å². The molecule has 0 aromatic heterocycles. The minimum absolute atomic E-state index is 0.385. The molecular weight excluding hydrogens is 184 g/mol. The van der Waals surface area contributed by atoms with Crippen LogP contribution in [0.25, 0.3) is 0 Å². The second-order valence-corrected chi connectivity index (χ2v) is 6.54. The fourth-order valence-corrected chi connectivity index (χ4v) is 2.88. The molecule has 15 heavy (non-hydrogen) atoms. The lowest BCUT2D eigenvalue weighted by Gasteiger charge is -2.35. The molecule has 1 heterocycles. The Morgan fingerprint density at radius 1 is 1.33 bits per heavy atom. The van der Waals surface area contributed by atoms with Gasteiger partial charge in [0.25, 0.3) is 0 Å². The Balaban J connectivity index is 2.58. The van der Waals surface area contributed by atoms with Crippen molar-refractivity contribution in [1.82, 2.24) is 4.90 Å². The highest BCUT2D eigenvalue weighted by Gasteiger charge is 2.32. The van der Waals surface area contributed by atoms with E-state index < -0.39 is 0 Å². The molecule has 1 aliphatic rings. The summed E-state index contributed by atoms with van der Waals surface area (Å²) in [5.74, 6) is 0.842. The third-order valence-electron chi connectivity index (χ3n) is 3.42. The molecule has 90 valence electrons. The largest absolute Gasteiger partial charge is 0.329 e. The van der Waals surface area contributed by atoms with Crippen LogP contribution in [0.15, 0.2) is 0 Å². The molecular formula is C13H28N2. The number of nitrogens with two attached hydrogens (primary N) is 1. The van der Waals surface area contributed by atoms with Crippen LogP contribution in [-0.4, -0.2) is 30.1 Å². The Labute approximate surface area is 95.2 Å². The third-order valence-corrected chi connectivity index (χ3v) is 3.42. The lowest BCUT2D eigenvalue weighted by Crippen LogP contribution is -2.44. The van der Waals surface area contributed by atoms with Crippen LogP contribution < -0.4 is 5.73 Å². The Morgan fingerprint density at radius 3 is 2.27 bits per heavy atom. The second kappa shape index (κ2) is 4.84. The molecule has 0 aromatic rings.